The average Bonchev–Trinajstić information content (AvgIpc) is 2.55. The quantitative estimate of drug-likeness (QED) is 0.784. The summed E-state index contributed by atoms with van der Waals surface area (Å²) in [6.45, 7) is 2.31. The molecule has 4 heteroatoms. The first-order chi connectivity index (χ1) is 6.86. The van der Waals surface area contributed by atoms with Gasteiger partial charge < -0.3 is 19.6 Å². The van der Waals surface area contributed by atoms with Crippen LogP contribution in [0.1, 0.15) is 22.6 Å². The fraction of sp³-hybridized carbons (Fsp3) is 0.600. The lowest BCUT2D eigenvalue weighted by Crippen LogP contribution is -2.10. The van der Waals surface area contributed by atoms with E-state index in [9.17, 15) is 0 Å². The van der Waals surface area contributed by atoms with Gasteiger partial charge in [0.2, 0.25) is 0 Å². The molecular weight excluding hydrogens is 182 g/mol. The van der Waals surface area contributed by atoms with Crippen molar-refractivity contribution in [3.05, 3.63) is 22.6 Å². The van der Waals surface area contributed by atoms with Crippen LogP contribution in [0.25, 0.3) is 0 Å². The van der Waals surface area contributed by atoms with Gasteiger partial charge in [0.05, 0.1) is 6.61 Å². The Morgan fingerprint density at radius 1 is 1.50 bits per heavy atom. The number of ether oxygens (including phenoxy) is 2. The average molecular weight is 197 g/mol. The molecule has 0 atom stereocenters. The van der Waals surface area contributed by atoms with Crippen molar-refractivity contribution in [2.75, 3.05) is 13.7 Å². The monoisotopic (exact) mass is 197 g/mol. The van der Waals surface area contributed by atoms with Crippen molar-refractivity contribution in [3.8, 4) is 0 Å². The van der Waals surface area contributed by atoms with Gasteiger partial charge in [0.25, 0.3) is 0 Å². The van der Waals surface area contributed by atoms with Crippen molar-refractivity contribution in [2.24, 2.45) is 5.73 Å². The number of furan rings is 1. The molecule has 0 bridgehead atoms. The van der Waals surface area contributed by atoms with E-state index in [0.29, 0.717) is 19.8 Å². The second kappa shape index (κ2) is 4.13. The number of methoxy groups -OCH3 is 1. The molecule has 1 aromatic rings. The van der Waals surface area contributed by atoms with E-state index in [1.807, 2.05) is 0 Å². The van der Waals surface area contributed by atoms with Crippen molar-refractivity contribution < 1.29 is 13.9 Å². The van der Waals surface area contributed by atoms with Crippen LogP contribution >= 0.6 is 0 Å². The van der Waals surface area contributed by atoms with Gasteiger partial charge in [-0.2, -0.15) is 0 Å². The molecule has 1 aromatic heterocycles. The van der Waals surface area contributed by atoms with Crippen molar-refractivity contribution in [2.45, 2.75) is 26.2 Å². The number of fused-ring (bicyclic) bond motifs is 1. The molecule has 14 heavy (non-hydrogen) atoms. The summed E-state index contributed by atoms with van der Waals surface area (Å²) in [7, 11) is 1.65. The molecule has 0 unspecified atom stereocenters. The van der Waals surface area contributed by atoms with E-state index in [0.717, 1.165) is 30.1 Å². The highest BCUT2D eigenvalue weighted by atomic mass is 16.5. The van der Waals surface area contributed by atoms with E-state index >= 15 is 0 Å². The third kappa shape index (κ3) is 1.56. The lowest BCUT2D eigenvalue weighted by molar-refractivity contribution is 0.0897. The fourth-order valence-corrected chi connectivity index (χ4v) is 1.84. The molecule has 2 rings (SSSR count). The third-order valence-corrected chi connectivity index (χ3v) is 2.49. The van der Waals surface area contributed by atoms with Crippen molar-refractivity contribution >= 4 is 0 Å². The molecule has 0 saturated carbocycles. The van der Waals surface area contributed by atoms with Crippen LogP contribution in [0.4, 0.5) is 0 Å². The molecule has 0 spiro atoms. The van der Waals surface area contributed by atoms with Crippen LogP contribution in [0.15, 0.2) is 4.42 Å². The van der Waals surface area contributed by atoms with E-state index in [1.54, 1.807) is 7.11 Å². The SMILES string of the molecule is COCc1oc2c(c1CN)CCOC2. The van der Waals surface area contributed by atoms with E-state index in [4.69, 9.17) is 19.6 Å². The lowest BCUT2D eigenvalue weighted by Gasteiger charge is -2.11. The largest absolute Gasteiger partial charge is 0.461 e. The molecule has 2 heterocycles. The third-order valence-electron chi connectivity index (χ3n) is 2.49. The minimum atomic E-state index is 0.486. The van der Waals surface area contributed by atoms with Crippen molar-refractivity contribution in [1.29, 1.82) is 0 Å². The molecule has 0 saturated heterocycles. The Balaban J connectivity index is 2.36. The Kier molecular flexibility index (Phi) is 2.86. The number of nitrogens with two attached hydrogens (primary N) is 1. The summed E-state index contributed by atoms with van der Waals surface area (Å²) in [4.78, 5) is 0. The Morgan fingerprint density at radius 3 is 3.07 bits per heavy atom. The topological polar surface area (TPSA) is 57.6 Å². The minimum Gasteiger partial charge on any atom is -0.461 e. The molecule has 0 fully saturated rings. The molecule has 0 aliphatic carbocycles. The fourth-order valence-electron chi connectivity index (χ4n) is 1.84. The predicted octanol–water partition coefficient (Wildman–Crippen LogP) is 0.957. The molecule has 0 aromatic carbocycles. The number of rotatable bonds is 3. The van der Waals surface area contributed by atoms with E-state index in [1.165, 1.54) is 5.56 Å². The van der Waals surface area contributed by atoms with E-state index in [2.05, 4.69) is 0 Å². The summed E-state index contributed by atoms with van der Waals surface area (Å²) < 4.78 is 16.0. The van der Waals surface area contributed by atoms with Gasteiger partial charge in [-0.05, 0) is 6.42 Å². The van der Waals surface area contributed by atoms with Gasteiger partial charge in [-0.3, -0.25) is 0 Å². The molecule has 2 N–H and O–H groups in total. The first-order valence-electron chi connectivity index (χ1n) is 4.75. The molecule has 78 valence electrons. The molecular formula is C10H15NO3. The second-order valence-corrected chi connectivity index (χ2v) is 3.35. The zero-order valence-electron chi connectivity index (χ0n) is 8.34. The van der Waals surface area contributed by atoms with Crippen LogP contribution in [-0.4, -0.2) is 13.7 Å². The zero-order chi connectivity index (χ0) is 9.97. The molecule has 0 amide bonds. The minimum absolute atomic E-state index is 0.486. The van der Waals surface area contributed by atoms with E-state index in [-0.39, 0.29) is 0 Å². The zero-order valence-corrected chi connectivity index (χ0v) is 8.34. The maximum Gasteiger partial charge on any atom is 0.134 e. The summed E-state index contributed by atoms with van der Waals surface area (Å²) in [6.07, 6.45) is 0.898. The smallest absolute Gasteiger partial charge is 0.134 e. The van der Waals surface area contributed by atoms with Gasteiger partial charge in [0.1, 0.15) is 24.7 Å². The predicted molar refractivity (Wildman–Crippen MR) is 50.7 cm³/mol. The van der Waals surface area contributed by atoms with Crippen molar-refractivity contribution in [1.82, 2.24) is 0 Å². The molecule has 4 nitrogen and oxygen atoms in total. The first kappa shape index (κ1) is 9.71. The van der Waals surface area contributed by atoms with Gasteiger partial charge in [0.15, 0.2) is 0 Å². The highest BCUT2D eigenvalue weighted by molar-refractivity contribution is 5.34. The van der Waals surface area contributed by atoms with Gasteiger partial charge in [-0.15, -0.1) is 0 Å². The standard InChI is InChI=1S/C10H15NO3/c1-12-5-9-8(4-11)7-2-3-13-6-10(7)14-9/h2-6,11H2,1H3. The maximum atomic E-state index is 5.69. The summed E-state index contributed by atoms with van der Waals surface area (Å²) in [6, 6.07) is 0. The molecule has 1 aliphatic heterocycles. The van der Waals surface area contributed by atoms with Gasteiger partial charge >= 0.3 is 0 Å². The Morgan fingerprint density at radius 2 is 2.36 bits per heavy atom. The van der Waals surface area contributed by atoms with Gasteiger partial charge in [0, 0.05) is 24.8 Å². The van der Waals surface area contributed by atoms with Crippen LogP contribution in [0.5, 0.6) is 0 Å². The first-order valence-corrected chi connectivity index (χ1v) is 4.75. The molecule has 1 aliphatic rings. The Hall–Kier alpha value is -0.840. The Bertz CT molecular complexity index is 319. The molecule has 0 radical (unpaired) electrons. The maximum absolute atomic E-state index is 5.69. The summed E-state index contributed by atoms with van der Waals surface area (Å²) in [5.74, 6) is 1.77. The van der Waals surface area contributed by atoms with Crippen LogP contribution in [-0.2, 0) is 35.7 Å². The van der Waals surface area contributed by atoms with Crippen molar-refractivity contribution in [3.63, 3.8) is 0 Å². The second-order valence-electron chi connectivity index (χ2n) is 3.35. The van der Waals surface area contributed by atoms with Crippen LogP contribution < -0.4 is 5.73 Å². The van der Waals surface area contributed by atoms with Crippen LogP contribution in [0.2, 0.25) is 0 Å². The number of hydrogen-bond acceptors (Lipinski definition) is 4. The van der Waals surface area contributed by atoms with Gasteiger partial charge in [-0.25, -0.2) is 0 Å². The van der Waals surface area contributed by atoms with Crippen LogP contribution in [0.3, 0.4) is 0 Å². The lowest BCUT2D eigenvalue weighted by atomic mass is 10.0. The Labute approximate surface area is 83.0 Å². The summed E-state index contributed by atoms with van der Waals surface area (Å²) in [5, 5.41) is 0. The normalized spacial score (nSPS) is 15.6. The van der Waals surface area contributed by atoms with Gasteiger partial charge in [-0.1, -0.05) is 0 Å². The van der Waals surface area contributed by atoms with Crippen LogP contribution in [0, 0.1) is 0 Å². The summed E-state index contributed by atoms with van der Waals surface area (Å²) in [5.41, 5.74) is 8.02. The van der Waals surface area contributed by atoms with E-state index < -0.39 is 0 Å². The highest BCUT2D eigenvalue weighted by Gasteiger charge is 2.21. The summed E-state index contributed by atoms with van der Waals surface area (Å²) >= 11 is 0. The highest BCUT2D eigenvalue weighted by Crippen LogP contribution is 2.27. The number of hydrogen-bond donors (Lipinski definition) is 1.